The van der Waals surface area contributed by atoms with E-state index in [0.717, 1.165) is 6.54 Å². The SMILES string of the molecule is FC(F)(F)C1[C@H]2CN(Cc3ccccc3)C[C@H]12. The van der Waals surface area contributed by atoms with Crippen LogP contribution in [-0.2, 0) is 6.54 Å². The number of rotatable bonds is 2. The van der Waals surface area contributed by atoms with Crippen molar-refractivity contribution in [2.75, 3.05) is 13.1 Å². The van der Waals surface area contributed by atoms with Crippen molar-refractivity contribution in [2.45, 2.75) is 12.7 Å². The third-order valence-corrected chi connectivity index (χ3v) is 3.90. The number of piperidine rings is 1. The standard InChI is InChI=1S/C13H14F3N/c14-13(15,16)12-10-7-17(8-11(10)12)6-9-4-2-1-3-5-9/h1-5,10-12H,6-8H2/t10-,11-/m0/s1. The van der Waals surface area contributed by atoms with E-state index in [2.05, 4.69) is 4.90 Å². The average Bonchev–Trinajstić information content (AvgIpc) is 2.80. The highest BCUT2D eigenvalue weighted by molar-refractivity contribution is 5.16. The minimum Gasteiger partial charge on any atom is -0.298 e. The van der Waals surface area contributed by atoms with Gasteiger partial charge in [0.05, 0.1) is 5.92 Å². The van der Waals surface area contributed by atoms with Crippen molar-refractivity contribution in [3.05, 3.63) is 35.9 Å². The molecule has 0 aromatic heterocycles. The zero-order valence-electron chi connectivity index (χ0n) is 9.32. The van der Waals surface area contributed by atoms with Gasteiger partial charge in [0.25, 0.3) is 0 Å². The van der Waals surface area contributed by atoms with Gasteiger partial charge in [-0.15, -0.1) is 0 Å². The van der Waals surface area contributed by atoms with Crippen molar-refractivity contribution in [3.63, 3.8) is 0 Å². The Hall–Kier alpha value is -1.03. The van der Waals surface area contributed by atoms with Gasteiger partial charge in [-0.2, -0.15) is 13.2 Å². The number of nitrogens with zero attached hydrogens (tertiary/aromatic N) is 1. The van der Waals surface area contributed by atoms with Crippen molar-refractivity contribution in [1.29, 1.82) is 0 Å². The molecule has 0 bridgehead atoms. The molecule has 1 heterocycles. The first-order valence-electron chi connectivity index (χ1n) is 5.89. The summed E-state index contributed by atoms with van der Waals surface area (Å²) in [5.74, 6) is -1.30. The van der Waals surface area contributed by atoms with Crippen LogP contribution in [0.15, 0.2) is 30.3 Å². The van der Waals surface area contributed by atoms with Crippen LogP contribution in [0, 0.1) is 17.8 Å². The summed E-state index contributed by atoms with van der Waals surface area (Å²) in [5, 5.41) is 0. The van der Waals surface area contributed by atoms with Crippen LogP contribution < -0.4 is 0 Å². The second-order valence-corrected chi connectivity index (χ2v) is 5.07. The zero-order chi connectivity index (χ0) is 12.0. The summed E-state index contributed by atoms with van der Waals surface area (Å²) in [5.41, 5.74) is 1.18. The third-order valence-electron chi connectivity index (χ3n) is 3.90. The fourth-order valence-corrected chi connectivity index (χ4v) is 3.07. The molecule has 2 fully saturated rings. The largest absolute Gasteiger partial charge is 0.392 e. The quantitative estimate of drug-likeness (QED) is 0.769. The van der Waals surface area contributed by atoms with Gasteiger partial charge in [-0.1, -0.05) is 30.3 Å². The molecule has 1 saturated carbocycles. The maximum absolute atomic E-state index is 12.5. The van der Waals surface area contributed by atoms with Gasteiger partial charge in [0.15, 0.2) is 0 Å². The molecule has 1 aliphatic heterocycles. The van der Waals surface area contributed by atoms with Gasteiger partial charge in [-0.25, -0.2) is 0 Å². The summed E-state index contributed by atoms with van der Waals surface area (Å²) < 4.78 is 37.5. The number of benzene rings is 1. The van der Waals surface area contributed by atoms with Crippen molar-refractivity contribution < 1.29 is 13.2 Å². The molecule has 0 N–H and O–H groups in total. The van der Waals surface area contributed by atoms with Gasteiger partial charge in [0, 0.05) is 19.6 Å². The second-order valence-electron chi connectivity index (χ2n) is 5.07. The summed E-state index contributed by atoms with van der Waals surface area (Å²) in [4.78, 5) is 2.13. The van der Waals surface area contributed by atoms with Gasteiger partial charge < -0.3 is 0 Å². The molecule has 92 valence electrons. The van der Waals surface area contributed by atoms with E-state index in [0.29, 0.717) is 13.1 Å². The molecule has 0 spiro atoms. The maximum atomic E-state index is 12.5. The van der Waals surface area contributed by atoms with Gasteiger partial charge in [0.2, 0.25) is 0 Å². The van der Waals surface area contributed by atoms with Gasteiger partial charge >= 0.3 is 6.18 Å². The topological polar surface area (TPSA) is 3.24 Å². The molecule has 1 nitrogen and oxygen atoms in total. The minimum atomic E-state index is -3.98. The zero-order valence-corrected chi connectivity index (χ0v) is 9.32. The lowest BCUT2D eigenvalue weighted by Crippen LogP contribution is -2.28. The predicted molar refractivity (Wildman–Crippen MR) is 58.2 cm³/mol. The summed E-state index contributed by atoms with van der Waals surface area (Å²) in [6.45, 7) is 1.98. The van der Waals surface area contributed by atoms with Crippen LogP contribution in [0.4, 0.5) is 13.2 Å². The summed E-state index contributed by atoms with van der Waals surface area (Å²) >= 11 is 0. The van der Waals surface area contributed by atoms with Crippen molar-refractivity contribution in [2.24, 2.45) is 17.8 Å². The van der Waals surface area contributed by atoms with Crippen LogP contribution >= 0.6 is 0 Å². The fraction of sp³-hybridized carbons (Fsp3) is 0.538. The Morgan fingerprint density at radius 1 is 1.06 bits per heavy atom. The Morgan fingerprint density at radius 2 is 1.65 bits per heavy atom. The first-order valence-corrected chi connectivity index (χ1v) is 5.89. The van der Waals surface area contributed by atoms with Gasteiger partial charge in [-0.05, 0) is 17.4 Å². The Labute approximate surface area is 98.2 Å². The van der Waals surface area contributed by atoms with Crippen LogP contribution in [0.3, 0.4) is 0 Å². The van der Waals surface area contributed by atoms with E-state index in [1.807, 2.05) is 30.3 Å². The number of likely N-dealkylation sites (tertiary alicyclic amines) is 1. The summed E-state index contributed by atoms with van der Waals surface area (Å²) in [6, 6.07) is 9.91. The average molecular weight is 241 g/mol. The molecule has 2 aliphatic rings. The van der Waals surface area contributed by atoms with Crippen LogP contribution in [0.5, 0.6) is 0 Å². The van der Waals surface area contributed by atoms with Gasteiger partial charge in [-0.3, -0.25) is 4.90 Å². The van der Waals surface area contributed by atoms with E-state index in [1.165, 1.54) is 5.56 Å². The molecule has 3 rings (SSSR count). The van der Waals surface area contributed by atoms with Crippen LogP contribution in [-0.4, -0.2) is 24.2 Å². The molecule has 0 unspecified atom stereocenters. The number of halogens is 3. The molecule has 1 saturated heterocycles. The minimum absolute atomic E-state index is 0.140. The second kappa shape index (κ2) is 3.73. The molecule has 4 heteroatoms. The van der Waals surface area contributed by atoms with Crippen LogP contribution in [0.1, 0.15) is 5.56 Å². The van der Waals surface area contributed by atoms with E-state index in [-0.39, 0.29) is 11.8 Å². The normalized spacial score (nSPS) is 32.5. The van der Waals surface area contributed by atoms with Crippen molar-refractivity contribution in [3.8, 4) is 0 Å². The first-order chi connectivity index (χ1) is 8.05. The molecule has 2 atom stereocenters. The molecule has 0 amide bonds. The summed E-state index contributed by atoms with van der Waals surface area (Å²) in [6.07, 6.45) is -3.98. The van der Waals surface area contributed by atoms with Gasteiger partial charge in [0.1, 0.15) is 0 Å². The Balaban J connectivity index is 1.56. The van der Waals surface area contributed by atoms with Crippen LogP contribution in [0.25, 0.3) is 0 Å². The number of fused-ring (bicyclic) bond motifs is 1. The highest BCUT2D eigenvalue weighted by atomic mass is 19.4. The highest BCUT2D eigenvalue weighted by Crippen LogP contribution is 2.59. The predicted octanol–water partition coefficient (Wildman–Crippen LogP) is 2.93. The molecule has 1 aromatic carbocycles. The van der Waals surface area contributed by atoms with E-state index >= 15 is 0 Å². The maximum Gasteiger partial charge on any atom is 0.392 e. The van der Waals surface area contributed by atoms with Crippen molar-refractivity contribution >= 4 is 0 Å². The van der Waals surface area contributed by atoms with E-state index < -0.39 is 12.1 Å². The molecule has 17 heavy (non-hydrogen) atoms. The number of hydrogen-bond donors (Lipinski definition) is 0. The monoisotopic (exact) mass is 241 g/mol. The smallest absolute Gasteiger partial charge is 0.298 e. The Bertz CT molecular complexity index is 389. The highest BCUT2D eigenvalue weighted by Gasteiger charge is 2.66. The summed E-state index contributed by atoms with van der Waals surface area (Å²) in [7, 11) is 0. The molecule has 0 radical (unpaired) electrons. The number of hydrogen-bond acceptors (Lipinski definition) is 1. The molecule has 1 aromatic rings. The third kappa shape index (κ3) is 2.06. The van der Waals surface area contributed by atoms with E-state index in [9.17, 15) is 13.2 Å². The van der Waals surface area contributed by atoms with Crippen LogP contribution in [0.2, 0.25) is 0 Å². The van der Waals surface area contributed by atoms with Crippen molar-refractivity contribution in [1.82, 2.24) is 4.90 Å². The lowest BCUT2D eigenvalue weighted by atomic mass is 10.2. The molecule has 1 aliphatic carbocycles. The van der Waals surface area contributed by atoms with E-state index in [1.54, 1.807) is 0 Å². The first kappa shape index (κ1) is 11.1. The number of alkyl halides is 3. The fourth-order valence-electron chi connectivity index (χ4n) is 3.07. The molecular weight excluding hydrogens is 227 g/mol. The lowest BCUT2D eigenvalue weighted by Gasteiger charge is -2.20. The molecular formula is C13H14F3N. The van der Waals surface area contributed by atoms with E-state index in [4.69, 9.17) is 0 Å². The Morgan fingerprint density at radius 3 is 2.18 bits per heavy atom. The lowest BCUT2D eigenvalue weighted by molar-refractivity contribution is -0.157. The Kier molecular flexibility index (Phi) is 2.43.